The van der Waals surface area contributed by atoms with Crippen LogP contribution in [0.15, 0.2) is 12.4 Å². The van der Waals surface area contributed by atoms with Crippen LogP contribution in [0.5, 0.6) is 0 Å². The fourth-order valence-corrected chi connectivity index (χ4v) is 3.12. The van der Waals surface area contributed by atoms with E-state index < -0.39 is 0 Å². The number of likely N-dealkylation sites (N-methyl/N-ethyl adjacent to an activating group) is 1. The van der Waals surface area contributed by atoms with Gasteiger partial charge in [-0.2, -0.15) is 0 Å². The number of aromatic nitrogens is 2. The van der Waals surface area contributed by atoms with E-state index in [9.17, 15) is 0 Å². The van der Waals surface area contributed by atoms with Gasteiger partial charge in [0.25, 0.3) is 0 Å². The number of hydrogen-bond acceptors (Lipinski definition) is 2. The molecule has 1 atom stereocenters. The first kappa shape index (κ1) is 12.6. The van der Waals surface area contributed by atoms with Crippen LogP contribution in [-0.4, -0.2) is 22.1 Å². The molecule has 1 aliphatic rings. The van der Waals surface area contributed by atoms with Crippen molar-refractivity contribution < 1.29 is 0 Å². The summed E-state index contributed by atoms with van der Waals surface area (Å²) < 4.78 is 2.14. The minimum Gasteiger partial charge on any atom is -0.338 e. The summed E-state index contributed by atoms with van der Waals surface area (Å²) in [5, 5.41) is 3.68. The standard InChI is InChI=1S/C14H25N3/c1-4-15-12(14(2)7-5-6-8-14)11-13-16-9-10-17(13)3/h9-10,12,15H,4-8,11H2,1-3H3. The van der Waals surface area contributed by atoms with Gasteiger partial charge in [-0.3, -0.25) is 0 Å². The van der Waals surface area contributed by atoms with E-state index in [1.165, 1.54) is 31.5 Å². The highest BCUT2D eigenvalue weighted by molar-refractivity contribution is 5.00. The Bertz CT molecular complexity index is 350. The summed E-state index contributed by atoms with van der Waals surface area (Å²) >= 11 is 0. The lowest BCUT2D eigenvalue weighted by Crippen LogP contribution is -2.44. The van der Waals surface area contributed by atoms with Crippen LogP contribution < -0.4 is 5.32 Å². The van der Waals surface area contributed by atoms with Gasteiger partial charge < -0.3 is 9.88 Å². The SMILES string of the molecule is CCNC(Cc1nccn1C)C1(C)CCCC1. The van der Waals surface area contributed by atoms with Crippen LogP contribution in [0.25, 0.3) is 0 Å². The van der Waals surface area contributed by atoms with E-state index in [2.05, 4.69) is 35.8 Å². The molecule has 0 aromatic carbocycles. The van der Waals surface area contributed by atoms with Gasteiger partial charge in [0.15, 0.2) is 0 Å². The molecule has 17 heavy (non-hydrogen) atoms. The van der Waals surface area contributed by atoms with E-state index in [1.54, 1.807) is 0 Å². The molecule has 2 rings (SSSR count). The van der Waals surface area contributed by atoms with Crippen LogP contribution in [0.2, 0.25) is 0 Å². The monoisotopic (exact) mass is 235 g/mol. The third-order valence-electron chi connectivity index (χ3n) is 4.35. The Morgan fingerprint density at radius 3 is 2.71 bits per heavy atom. The van der Waals surface area contributed by atoms with E-state index in [1.807, 2.05) is 12.4 Å². The fourth-order valence-electron chi connectivity index (χ4n) is 3.12. The molecule has 1 aliphatic carbocycles. The zero-order valence-corrected chi connectivity index (χ0v) is 11.4. The van der Waals surface area contributed by atoms with Crippen LogP contribution in [-0.2, 0) is 13.5 Å². The number of imidazole rings is 1. The molecule has 0 saturated heterocycles. The largest absolute Gasteiger partial charge is 0.338 e. The summed E-state index contributed by atoms with van der Waals surface area (Å²) in [6, 6.07) is 0.566. The molecule has 0 amide bonds. The van der Waals surface area contributed by atoms with E-state index in [-0.39, 0.29) is 0 Å². The second kappa shape index (κ2) is 5.21. The smallest absolute Gasteiger partial charge is 0.109 e. The molecular formula is C14H25N3. The Balaban J connectivity index is 2.09. The summed E-state index contributed by atoms with van der Waals surface area (Å²) in [5.74, 6) is 1.20. The topological polar surface area (TPSA) is 29.9 Å². The molecule has 1 N–H and O–H groups in total. The molecule has 1 saturated carbocycles. The van der Waals surface area contributed by atoms with Crippen molar-refractivity contribution in [2.45, 2.75) is 52.0 Å². The normalized spacial score (nSPS) is 20.6. The second-order valence-corrected chi connectivity index (χ2v) is 5.63. The molecule has 1 unspecified atom stereocenters. The van der Waals surface area contributed by atoms with Crippen molar-refractivity contribution >= 4 is 0 Å². The first-order valence-corrected chi connectivity index (χ1v) is 6.85. The average Bonchev–Trinajstić information content (AvgIpc) is 2.89. The van der Waals surface area contributed by atoms with Crippen molar-refractivity contribution in [3.05, 3.63) is 18.2 Å². The van der Waals surface area contributed by atoms with Crippen LogP contribution >= 0.6 is 0 Å². The number of rotatable bonds is 5. The Kier molecular flexibility index (Phi) is 3.87. The highest BCUT2D eigenvalue weighted by Crippen LogP contribution is 2.41. The predicted molar refractivity (Wildman–Crippen MR) is 71.0 cm³/mol. The maximum Gasteiger partial charge on any atom is 0.109 e. The maximum atomic E-state index is 4.46. The van der Waals surface area contributed by atoms with Crippen LogP contribution in [0.3, 0.4) is 0 Å². The van der Waals surface area contributed by atoms with Gasteiger partial charge in [-0.1, -0.05) is 26.7 Å². The van der Waals surface area contributed by atoms with Crippen LogP contribution in [0.1, 0.15) is 45.4 Å². The third kappa shape index (κ3) is 2.71. The summed E-state index contributed by atoms with van der Waals surface area (Å²) in [6.45, 7) is 5.69. The van der Waals surface area contributed by atoms with Gasteiger partial charge in [0.2, 0.25) is 0 Å². The second-order valence-electron chi connectivity index (χ2n) is 5.63. The molecule has 3 heteroatoms. The lowest BCUT2D eigenvalue weighted by molar-refractivity contribution is 0.218. The summed E-state index contributed by atoms with van der Waals surface area (Å²) in [4.78, 5) is 4.46. The molecule has 0 bridgehead atoms. The fraction of sp³-hybridized carbons (Fsp3) is 0.786. The minimum absolute atomic E-state index is 0.460. The molecule has 0 radical (unpaired) electrons. The lowest BCUT2D eigenvalue weighted by Gasteiger charge is -2.34. The Labute approximate surface area is 105 Å². The molecule has 3 nitrogen and oxygen atoms in total. The maximum absolute atomic E-state index is 4.46. The Hall–Kier alpha value is -0.830. The summed E-state index contributed by atoms with van der Waals surface area (Å²) in [6.07, 6.45) is 10.5. The molecular weight excluding hydrogens is 210 g/mol. The summed E-state index contributed by atoms with van der Waals surface area (Å²) in [5.41, 5.74) is 0.460. The van der Waals surface area contributed by atoms with Gasteiger partial charge in [-0.05, 0) is 24.8 Å². The van der Waals surface area contributed by atoms with Gasteiger partial charge >= 0.3 is 0 Å². The zero-order chi connectivity index (χ0) is 12.3. The van der Waals surface area contributed by atoms with Crippen molar-refractivity contribution in [2.75, 3.05) is 6.54 Å². The third-order valence-corrected chi connectivity index (χ3v) is 4.35. The summed E-state index contributed by atoms with van der Waals surface area (Å²) in [7, 11) is 2.09. The Morgan fingerprint density at radius 2 is 2.18 bits per heavy atom. The first-order chi connectivity index (χ1) is 8.15. The highest BCUT2D eigenvalue weighted by Gasteiger charge is 2.36. The van der Waals surface area contributed by atoms with Crippen molar-refractivity contribution in [3.63, 3.8) is 0 Å². The minimum atomic E-state index is 0.460. The quantitative estimate of drug-likeness (QED) is 0.850. The van der Waals surface area contributed by atoms with Crippen LogP contribution in [0, 0.1) is 5.41 Å². The number of hydrogen-bond donors (Lipinski definition) is 1. The number of aryl methyl sites for hydroxylation is 1. The van der Waals surface area contributed by atoms with Gasteiger partial charge in [0, 0.05) is 31.9 Å². The van der Waals surface area contributed by atoms with Gasteiger partial charge in [-0.15, -0.1) is 0 Å². The highest BCUT2D eigenvalue weighted by atomic mass is 15.0. The first-order valence-electron chi connectivity index (χ1n) is 6.85. The molecule has 0 spiro atoms. The van der Waals surface area contributed by atoms with Crippen molar-refractivity contribution in [1.29, 1.82) is 0 Å². The van der Waals surface area contributed by atoms with Crippen molar-refractivity contribution in [2.24, 2.45) is 12.5 Å². The van der Waals surface area contributed by atoms with E-state index in [0.29, 0.717) is 11.5 Å². The van der Waals surface area contributed by atoms with Gasteiger partial charge in [0.05, 0.1) is 0 Å². The number of nitrogens with one attached hydrogen (secondary N) is 1. The zero-order valence-electron chi connectivity index (χ0n) is 11.4. The molecule has 1 aromatic rings. The molecule has 1 fully saturated rings. The molecule has 0 aliphatic heterocycles. The van der Waals surface area contributed by atoms with E-state index in [4.69, 9.17) is 0 Å². The van der Waals surface area contributed by atoms with Crippen molar-refractivity contribution in [3.8, 4) is 0 Å². The molecule has 1 heterocycles. The number of nitrogens with zero attached hydrogens (tertiary/aromatic N) is 2. The molecule has 96 valence electrons. The average molecular weight is 235 g/mol. The predicted octanol–water partition coefficient (Wildman–Crippen LogP) is 2.52. The van der Waals surface area contributed by atoms with E-state index in [0.717, 1.165) is 13.0 Å². The van der Waals surface area contributed by atoms with Crippen molar-refractivity contribution in [1.82, 2.24) is 14.9 Å². The van der Waals surface area contributed by atoms with Crippen LogP contribution in [0.4, 0.5) is 0 Å². The van der Waals surface area contributed by atoms with E-state index >= 15 is 0 Å². The lowest BCUT2D eigenvalue weighted by atomic mass is 9.79. The Morgan fingerprint density at radius 1 is 1.47 bits per heavy atom. The van der Waals surface area contributed by atoms with Gasteiger partial charge in [-0.25, -0.2) is 4.98 Å². The molecule has 1 aromatic heterocycles. The van der Waals surface area contributed by atoms with Gasteiger partial charge in [0.1, 0.15) is 5.82 Å².